The number of carboxylic acids is 1. The zero-order valence-electron chi connectivity index (χ0n) is 10.1. The first-order chi connectivity index (χ1) is 9.20. The molecule has 3 nitrogen and oxygen atoms in total. The van der Waals surface area contributed by atoms with E-state index in [1.807, 2.05) is 6.07 Å². The minimum Gasteiger partial charge on any atom is -0.478 e. The third-order valence-corrected chi connectivity index (χ3v) is 2.66. The van der Waals surface area contributed by atoms with Crippen LogP contribution in [0.1, 0.15) is 27.0 Å². The average Bonchev–Trinajstić information content (AvgIpc) is 2.45. The first-order valence-corrected chi connectivity index (χ1v) is 5.71. The van der Waals surface area contributed by atoms with Crippen LogP contribution in [0.25, 0.3) is 12.2 Å². The molecule has 0 aliphatic heterocycles. The smallest absolute Gasteiger partial charge is 0.336 e. The van der Waals surface area contributed by atoms with Crippen molar-refractivity contribution in [2.45, 2.75) is 0 Å². The third kappa shape index (κ3) is 3.08. The Kier molecular flexibility index (Phi) is 3.75. The first-order valence-electron chi connectivity index (χ1n) is 5.71. The lowest BCUT2D eigenvalue weighted by atomic mass is 10.1. The van der Waals surface area contributed by atoms with Gasteiger partial charge in [-0.25, -0.2) is 4.79 Å². The fourth-order valence-corrected chi connectivity index (χ4v) is 1.73. The Morgan fingerprint density at radius 3 is 2.63 bits per heavy atom. The lowest BCUT2D eigenvalue weighted by Gasteiger charge is -2.00. The third-order valence-electron chi connectivity index (χ3n) is 2.66. The summed E-state index contributed by atoms with van der Waals surface area (Å²) in [4.78, 5) is 11.1. The van der Waals surface area contributed by atoms with E-state index in [0.717, 1.165) is 5.56 Å². The van der Waals surface area contributed by atoms with Crippen LogP contribution < -0.4 is 0 Å². The van der Waals surface area contributed by atoms with Crippen LogP contribution in [0.15, 0.2) is 48.5 Å². The molecule has 92 valence electrons. The van der Waals surface area contributed by atoms with Crippen LogP contribution in [0.4, 0.5) is 0 Å². The van der Waals surface area contributed by atoms with Crippen molar-refractivity contribution < 1.29 is 9.90 Å². The second-order valence-electron chi connectivity index (χ2n) is 3.96. The number of hydrogen-bond donors (Lipinski definition) is 1. The van der Waals surface area contributed by atoms with E-state index in [9.17, 15) is 4.79 Å². The molecule has 0 aromatic heterocycles. The van der Waals surface area contributed by atoms with Gasteiger partial charge in [0.25, 0.3) is 0 Å². The predicted molar refractivity (Wildman–Crippen MR) is 73.5 cm³/mol. The first kappa shape index (κ1) is 12.6. The summed E-state index contributed by atoms with van der Waals surface area (Å²) in [5, 5.41) is 17.9. The number of hydrogen-bond acceptors (Lipinski definition) is 2. The Balaban J connectivity index is 2.33. The Morgan fingerprint density at radius 2 is 1.89 bits per heavy atom. The molecule has 0 saturated carbocycles. The van der Waals surface area contributed by atoms with E-state index in [0.29, 0.717) is 11.1 Å². The van der Waals surface area contributed by atoms with Crippen molar-refractivity contribution in [2.75, 3.05) is 0 Å². The molecule has 0 aliphatic rings. The van der Waals surface area contributed by atoms with E-state index in [2.05, 4.69) is 6.07 Å². The van der Waals surface area contributed by atoms with Crippen LogP contribution in [-0.2, 0) is 0 Å². The molecule has 0 saturated heterocycles. The van der Waals surface area contributed by atoms with Gasteiger partial charge in [-0.15, -0.1) is 0 Å². The van der Waals surface area contributed by atoms with Gasteiger partial charge in [0.1, 0.15) is 0 Å². The van der Waals surface area contributed by atoms with Gasteiger partial charge >= 0.3 is 5.97 Å². The monoisotopic (exact) mass is 249 g/mol. The van der Waals surface area contributed by atoms with Crippen molar-refractivity contribution in [3.63, 3.8) is 0 Å². The number of nitrogens with zero attached hydrogens (tertiary/aromatic N) is 1. The molecule has 0 aliphatic carbocycles. The van der Waals surface area contributed by atoms with Crippen LogP contribution in [0.3, 0.4) is 0 Å². The number of aromatic carboxylic acids is 1. The Morgan fingerprint density at radius 1 is 1.11 bits per heavy atom. The van der Waals surface area contributed by atoms with Crippen molar-refractivity contribution in [3.8, 4) is 6.07 Å². The molecule has 0 fully saturated rings. The normalized spacial score (nSPS) is 10.3. The van der Waals surface area contributed by atoms with E-state index in [1.165, 1.54) is 0 Å². The van der Waals surface area contributed by atoms with Gasteiger partial charge in [-0.1, -0.05) is 42.5 Å². The summed E-state index contributed by atoms with van der Waals surface area (Å²) < 4.78 is 0. The second kappa shape index (κ2) is 5.65. The van der Waals surface area contributed by atoms with Gasteiger partial charge in [0, 0.05) is 0 Å². The second-order valence-corrected chi connectivity index (χ2v) is 3.96. The molecule has 2 aromatic carbocycles. The molecule has 0 atom stereocenters. The van der Waals surface area contributed by atoms with Gasteiger partial charge in [0.15, 0.2) is 0 Å². The maximum Gasteiger partial charge on any atom is 0.336 e. The quantitative estimate of drug-likeness (QED) is 0.848. The van der Waals surface area contributed by atoms with E-state index in [1.54, 1.807) is 54.6 Å². The lowest BCUT2D eigenvalue weighted by molar-refractivity contribution is 0.0696. The molecule has 3 heteroatoms. The highest BCUT2D eigenvalue weighted by Gasteiger charge is 2.05. The molecule has 0 bridgehead atoms. The summed E-state index contributed by atoms with van der Waals surface area (Å²) in [6.45, 7) is 0. The zero-order chi connectivity index (χ0) is 13.7. The molecule has 0 amide bonds. The van der Waals surface area contributed by atoms with E-state index >= 15 is 0 Å². The number of nitriles is 1. The predicted octanol–water partition coefficient (Wildman–Crippen LogP) is 3.43. The highest BCUT2D eigenvalue weighted by atomic mass is 16.4. The Hall–Kier alpha value is -2.86. The van der Waals surface area contributed by atoms with Gasteiger partial charge in [-0.05, 0) is 29.3 Å². The van der Waals surface area contributed by atoms with E-state index in [-0.39, 0.29) is 5.56 Å². The van der Waals surface area contributed by atoms with Gasteiger partial charge in [0.05, 0.1) is 17.2 Å². The van der Waals surface area contributed by atoms with Crippen molar-refractivity contribution in [3.05, 3.63) is 70.8 Å². The SMILES string of the molecule is N#Cc1cccc(C=Cc2ccccc2C(=O)O)c1. The number of carbonyl (C=O) groups is 1. The number of carboxylic acid groups (broad SMARTS) is 1. The van der Waals surface area contributed by atoms with E-state index in [4.69, 9.17) is 10.4 Å². The van der Waals surface area contributed by atoms with Crippen LogP contribution in [0, 0.1) is 11.3 Å². The molecular formula is C16H11NO2. The molecule has 0 unspecified atom stereocenters. The van der Waals surface area contributed by atoms with Crippen molar-refractivity contribution in [2.24, 2.45) is 0 Å². The fourth-order valence-electron chi connectivity index (χ4n) is 1.73. The molecular weight excluding hydrogens is 238 g/mol. The van der Waals surface area contributed by atoms with Crippen LogP contribution in [0.2, 0.25) is 0 Å². The minimum atomic E-state index is -0.953. The highest BCUT2D eigenvalue weighted by molar-refractivity contribution is 5.93. The molecule has 2 rings (SSSR count). The van der Waals surface area contributed by atoms with Gasteiger partial charge in [-0.2, -0.15) is 5.26 Å². The Bertz CT molecular complexity index is 681. The summed E-state index contributed by atoms with van der Waals surface area (Å²) in [6, 6.07) is 16.0. The summed E-state index contributed by atoms with van der Waals surface area (Å²) in [5.41, 5.74) is 2.33. The zero-order valence-corrected chi connectivity index (χ0v) is 10.1. The van der Waals surface area contributed by atoms with Crippen molar-refractivity contribution >= 4 is 18.1 Å². The van der Waals surface area contributed by atoms with Crippen LogP contribution >= 0.6 is 0 Å². The van der Waals surface area contributed by atoms with E-state index < -0.39 is 5.97 Å². The molecule has 2 aromatic rings. The molecule has 0 heterocycles. The largest absolute Gasteiger partial charge is 0.478 e. The average molecular weight is 249 g/mol. The van der Waals surface area contributed by atoms with Crippen molar-refractivity contribution in [1.29, 1.82) is 5.26 Å². The summed E-state index contributed by atoms with van der Waals surface area (Å²) in [5.74, 6) is -0.953. The fraction of sp³-hybridized carbons (Fsp3) is 0. The van der Waals surface area contributed by atoms with Crippen LogP contribution in [-0.4, -0.2) is 11.1 Å². The molecule has 19 heavy (non-hydrogen) atoms. The Labute approximate surface area is 111 Å². The number of benzene rings is 2. The van der Waals surface area contributed by atoms with Crippen molar-refractivity contribution in [1.82, 2.24) is 0 Å². The van der Waals surface area contributed by atoms with Gasteiger partial charge < -0.3 is 5.11 Å². The topological polar surface area (TPSA) is 61.1 Å². The van der Waals surface area contributed by atoms with Gasteiger partial charge in [-0.3, -0.25) is 0 Å². The van der Waals surface area contributed by atoms with Crippen LogP contribution in [0.5, 0.6) is 0 Å². The number of rotatable bonds is 3. The summed E-state index contributed by atoms with van der Waals surface area (Å²) in [7, 11) is 0. The summed E-state index contributed by atoms with van der Waals surface area (Å²) in [6.07, 6.45) is 3.53. The molecule has 1 N–H and O–H groups in total. The minimum absolute atomic E-state index is 0.259. The maximum absolute atomic E-state index is 11.1. The maximum atomic E-state index is 11.1. The van der Waals surface area contributed by atoms with Gasteiger partial charge in [0.2, 0.25) is 0 Å². The lowest BCUT2D eigenvalue weighted by Crippen LogP contribution is -1.98. The molecule has 0 radical (unpaired) electrons. The molecule has 0 spiro atoms. The standard InChI is InChI=1S/C16H11NO2/c17-11-13-5-3-4-12(10-13)8-9-14-6-1-2-7-15(14)16(18)19/h1-10H,(H,18,19). The summed E-state index contributed by atoms with van der Waals surface area (Å²) >= 11 is 0. The highest BCUT2D eigenvalue weighted by Crippen LogP contribution is 2.14.